The summed E-state index contributed by atoms with van der Waals surface area (Å²) >= 11 is 1.32. The van der Waals surface area contributed by atoms with Crippen molar-refractivity contribution in [3.05, 3.63) is 24.3 Å². The summed E-state index contributed by atoms with van der Waals surface area (Å²) in [6.45, 7) is 0.801. The van der Waals surface area contributed by atoms with Crippen molar-refractivity contribution in [3.63, 3.8) is 0 Å². The number of thioether (sulfide) groups is 1. The van der Waals surface area contributed by atoms with E-state index in [2.05, 4.69) is 10.6 Å². The number of hydrogen-bond donors (Lipinski definition) is 2. The minimum absolute atomic E-state index is 0.0436. The largest absolute Gasteiger partial charge is 0.456 e. The van der Waals surface area contributed by atoms with Gasteiger partial charge >= 0.3 is 5.97 Å². The van der Waals surface area contributed by atoms with E-state index in [1.807, 2.05) is 24.3 Å². The maximum absolute atomic E-state index is 12.0. The van der Waals surface area contributed by atoms with E-state index < -0.39 is 11.2 Å². The van der Waals surface area contributed by atoms with Crippen molar-refractivity contribution in [2.75, 3.05) is 25.1 Å². The van der Waals surface area contributed by atoms with Gasteiger partial charge in [0.05, 0.1) is 23.5 Å². The van der Waals surface area contributed by atoms with Crippen LogP contribution >= 0.6 is 11.8 Å². The minimum atomic E-state index is -0.570. The fraction of sp³-hybridized carbons (Fsp3) is 0.471. The number of para-hydroxylation sites is 1. The molecule has 2 heterocycles. The lowest BCUT2D eigenvalue weighted by Crippen LogP contribution is -2.36. The molecule has 2 amide bonds. The first-order valence-electron chi connectivity index (χ1n) is 8.22. The third kappa shape index (κ3) is 4.96. The Kier molecular flexibility index (Phi) is 5.93. The molecule has 8 heteroatoms. The third-order valence-electron chi connectivity index (χ3n) is 3.97. The van der Waals surface area contributed by atoms with Gasteiger partial charge in [0.25, 0.3) is 5.91 Å². The first-order chi connectivity index (χ1) is 12.1. The molecule has 0 saturated carbocycles. The molecular formula is C17H20N2O5S. The van der Waals surface area contributed by atoms with Crippen molar-refractivity contribution in [2.45, 2.75) is 35.5 Å². The van der Waals surface area contributed by atoms with Crippen LogP contribution < -0.4 is 10.6 Å². The Morgan fingerprint density at radius 1 is 1.36 bits per heavy atom. The molecule has 0 bridgehead atoms. The molecule has 2 atom stereocenters. The highest BCUT2D eigenvalue weighted by Crippen LogP contribution is 2.36. The lowest BCUT2D eigenvalue weighted by atomic mass is 10.2. The summed E-state index contributed by atoms with van der Waals surface area (Å²) in [5.41, 5.74) is 0.746. The molecule has 1 saturated heterocycles. The monoisotopic (exact) mass is 364 g/mol. The Balaban J connectivity index is 1.40. The Labute approximate surface area is 149 Å². The number of esters is 1. The second-order valence-electron chi connectivity index (χ2n) is 5.90. The molecule has 1 aromatic rings. The molecule has 3 rings (SSSR count). The van der Waals surface area contributed by atoms with Gasteiger partial charge in [0.1, 0.15) is 0 Å². The summed E-state index contributed by atoms with van der Waals surface area (Å²) in [6.07, 6.45) is 1.89. The minimum Gasteiger partial charge on any atom is -0.456 e. The van der Waals surface area contributed by atoms with Gasteiger partial charge in [-0.2, -0.15) is 0 Å². The van der Waals surface area contributed by atoms with E-state index in [9.17, 15) is 14.4 Å². The predicted molar refractivity (Wildman–Crippen MR) is 92.3 cm³/mol. The second-order valence-corrected chi connectivity index (χ2v) is 7.14. The maximum Gasteiger partial charge on any atom is 0.307 e. The Bertz CT molecular complexity index is 660. The van der Waals surface area contributed by atoms with Crippen LogP contribution in [0.5, 0.6) is 0 Å². The first-order valence-corrected chi connectivity index (χ1v) is 9.10. The molecule has 0 aliphatic carbocycles. The van der Waals surface area contributed by atoms with E-state index in [1.165, 1.54) is 11.8 Å². The zero-order chi connectivity index (χ0) is 17.6. The van der Waals surface area contributed by atoms with Gasteiger partial charge < -0.3 is 20.1 Å². The zero-order valence-electron chi connectivity index (χ0n) is 13.7. The number of ether oxygens (including phenoxy) is 2. The van der Waals surface area contributed by atoms with Crippen LogP contribution in [-0.2, 0) is 23.9 Å². The average molecular weight is 364 g/mol. The van der Waals surface area contributed by atoms with Gasteiger partial charge in [-0.1, -0.05) is 12.1 Å². The van der Waals surface area contributed by atoms with Crippen molar-refractivity contribution in [2.24, 2.45) is 0 Å². The smallest absolute Gasteiger partial charge is 0.307 e. The molecule has 0 aromatic heterocycles. The van der Waals surface area contributed by atoms with Gasteiger partial charge in [0, 0.05) is 18.0 Å². The molecule has 2 aliphatic rings. The average Bonchev–Trinajstić information content (AvgIpc) is 3.12. The molecule has 0 unspecified atom stereocenters. The molecule has 1 aromatic carbocycles. The van der Waals surface area contributed by atoms with Gasteiger partial charge in [-0.15, -0.1) is 11.8 Å². The highest BCUT2D eigenvalue weighted by atomic mass is 32.2. The highest BCUT2D eigenvalue weighted by Gasteiger charge is 2.29. The number of fused-ring (bicyclic) bond motifs is 1. The van der Waals surface area contributed by atoms with Gasteiger partial charge in [-0.05, 0) is 25.0 Å². The van der Waals surface area contributed by atoms with Gasteiger partial charge in [-0.3, -0.25) is 14.4 Å². The normalized spacial score (nSPS) is 22.0. The number of carbonyl (C=O) groups is 3. The summed E-state index contributed by atoms with van der Waals surface area (Å²) in [4.78, 5) is 36.6. The van der Waals surface area contributed by atoms with Gasteiger partial charge in [0.2, 0.25) is 5.91 Å². The number of nitrogens with one attached hydrogen (secondary N) is 2. The van der Waals surface area contributed by atoms with Crippen LogP contribution in [0.4, 0.5) is 5.69 Å². The van der Waals surface area contributed by atoms with Gasteiger partial charge in [-0.25, -0.2) is 0 Å². The highest BCUT2D eigenvalue weighted by molar-refractivity contribution is 8.01. The van der Waals surface area contributed by atoms with Crippen LogP contribution in [0.15, 0.2) is 29.2 Å². The lowest BCUT2D eigenvalue weighted by molar-refractivity contribution is -0.149. The van der Waals surface area contributed by atoms with Crippen LogP contribution in [0.2, 0.25) is 0 Å². The molecule has 0 radical (unpaired) electrons. The number of anilines is 1. The van der Waals surface area contributed by atoms with Crippen LogP contribution in [0.1, 0.15) is 19.3 Å². The van der Waals surface area contributed by atoms with E-state index in [4.69, 9.17) is 9.47 Å². The summed E-state index contributed by atoms with van der Waals surface area (Å²) in [7, 11) is 0. The fourth-order valence-electron chi connectivity index (χ4n) is 2.67. The number of hydrogen-bond acceptors (Lipinski definition) is 6. The third-order valence-corrected chi connectivity index (χ3v) is 5.25. The van der Waals surface area contributed by atoms with E-state index in [0.717, 1.165) is 30.0 Å². The molecule has 7 nitrogen and oxygen atoms in total. The first kappa shape index (κ1) is 17.8. The Hall–Kier alpha value is -2.06. The molecule has 1 fully saturated rings. The maximum atomic E-state index is 12.0. The molecule has 2 N–H and O–H groups in total. The Morgan fingerprint density at radius 2 is 2.20 bits per heavy atom. The molecule has 134 valence electrons. The number of rotatable bonds is 6. The van der Waals surface area contributed by atoms with E-state index in [-0.39, 0.29) is 30.9 Å². The molecular weight excluding hydrogens is 344 g/mol. The van der Waals surface area contributed by atoms with Crippen molar-refractivity contribution < 1.29 is 23.9 Å². The SMILES string of the molecule is O=C(COC(=O)C[C@@H]1Sc2ccccc2NC1=O)NC[C@H]1CCCO1. The standard InChI is InChI=1S/C17H20N2O5S/c20-15(18-9-11-4-3-7-23-11)10-24-16(21)8-14-17(22)19-12-5-1-2-6-13(12)25-14/h1-2,5-6,11,14H,3-4,7-10H2,(H,18,20)(H,19,22)/t11-,14+/m1/s1. The number of carbonyl (C=O) groups excluding carboxylic acids is 3. The van der Waals surface area contributed by atoms with Crippen molar-refractivity contribution in [1.29, 1.82) is 0 Å². The summed E-state index contributed by atoms with van der Waals surface area (Å²) in [5.74, 6) is -1.17. The second kappa shape index (κ2) is 8.35. The number of benzene rings is 1. The fourth-order valence-corrected chi connectivity index (χ4v) is 3.76. The van der Waals surface area contributed by atoms with E-state index in [1.54, 1.807) is 0 Å². The quantitative estimate of drug-likeness (QED) is 0.740. The van der Waals surface area contributed by atoms with E-state index >= 15 is 0 Å². The van der Waals surface area contributed by atoms with Crippen LogP contribution in [0, 0.1) is 0 Å². The van der Waals surface area contributed by atoms with Crippen LogP contribution in [0.25, 0.3) is 0 Å². The van der Waals surface area contributed by atoms with Crippen molar-refractivity contribution in [3.8, 4) is 0 Å². The predicted octanol–water partition coefficient (Wildman–Crippen LogP) is 1.33. The van der Waals surface area contributed by atoms with Gasteiger partial charge in [0.15, 0.2) is 6.61 Å². The van der Waals surface area contributed by atoms with Crippen LogP contribution in [0.3, 0.4) is 0 Å². The zero-order valence-corrected chi connectivity index (χ0v) is 14.5. The lowest BCUT2D eigenvalue weighted by Gasteiger charge is -2.23. The summed E-state index contributed by atoms with van der Waals surface area (Å²) in [5, 5.41) is 4.89. The summed E-state index contributed by atoms with van der Waals surface area (Å²) < 4.78 is 10.4. The number of amides is 2. The summed E-state index contributed by atoms with van der Waals surface area (Å²) in [6, 6.07) is 7.41. The van der Waals surface area contributed by atoms with Crippen LogP contribution in [-0.4, -0.2) is 48.9 Å². The Morgan fingerprint density at radius 3 is 3.00 bits per heavy atom. The topological polar surface area (TPSA) is 93.7 Å². The van der Waals surface area contributed by atoms with Crippen molar-refractivity contribution in [1.82, 2.24) is 5.32 Å². The molecule has 2 aliphatic heterocycles. The molecule has 25 heavy (non-hydrogen) atoms. The molecule has 0 spiro atoms. The van der Waals surface area contributed by atoms with E-state index in [0.29, 0.717) is 6.54 Å². The van der Waals surface area contributed by atoms with Crippen molar-refractivity contribution >= 4 is 35.2 Å².